The Labute approximate surface area is 113 Å². The van der Waals surface area contributed by atoms with Crippen LogP contribution in [0.15, 0.2) is 30.3 Å². The summed E-state index contributed by atoms with van der Waals surface area (Å²) in [5, 5.41) is 9.27. The third kappa shape index (κ3) is 2.59. The molecule has 0 aromatic heterocycles. The maximum Gasteiger partial charge on any atom is 0.407 e. The molecular weight excluding hydrogens is 240 g/mol. The number of fused-ring (bicyclic) bond motifs is 1. The molecule has 3 rings (SSSR count). The summed E-state index contributed by atoms with van der Waals surface area (Å²) in [5.74, 6) is 0.522. The molecule has 1 aromatic carbocycles. The highest BCUT2D eigenvalue weighted by Crippen LogP contribution is 2.31. The highest BCUT2D eigenvalue weighted by molar-refractivity contribution is 5.65. The molecule has 0 saturated carbocycles. The first-order valence-corrected chi connectivity index (χ1v) is 7.00. The highest BCUT2D eigenvalue weighted by atomic mass is 16.4. The van der Waals surface area contributed by atoms with Gasteiger partial charge in [-0.1, -0.05) is 30.3 Å². The predicted molar refractivity (Wildman–Crippen MR) is 73.0 cm³/mol. The van der Waals surface area contributed by atoms with Crippen LogP contribution in [0, 0.1) is 5.92 Å². The minimum absolute atomic E-state index is 0.204. The van der Waals surface area contributed by atoms with E-state index in [-0.39, 0.29) is 6.04 Å². The van der Waals surface area contributed by atoms with Crippen LogP contribution in [-0.4, -0.2) is 46.7 Å². The molecule has 1 aromatic rings. The van der Waals surface area contributed by atoms with Crippen molar-refractivity contribution in [3.8, 4) is 0 Å². The Balaban J connectivity index is 1.67. The first-order chi connectivity index (χ1) is 9.24. The van der Waals surface area contributed by atoms with Gasteiger partial charge in [-0.2, -0.15) is 0 Å². The Morgan fingerprint density at radius 3 is 2.79 bits per heavy atom. The van der Waals surface area contributed by atoms with Crippen molar-refractivity contribution in [2.24, 2.45) is 5.92 Å². The van der Waals surface area contributed by atoms with E-state index in [1.165, 1.54) is 12.0 Å². The fourth-order valence-corrected chi connectivity index (χ4v) is 3.48. The van der Waals surface area contributed by atoms with Crippen molar-refractivity contribution < 1.29 is 9.90 Å². The lowest BCUT2D eigenvalue weighted by atomic mass is 9.92. The normalized spacial score (nSPS) is 27.3. The number of rotatable bonds is 2. The maximum absolute atomic E-state index is 11.3. The maximum atomic E-state index is 11.3. The van der Waals surface area contributed by atoms with E-state index in [9.17, 15) is 9.90 Å². The SMILES string of the molecule is O=C(O)N1CCC[C@H]2CN(Cc3ccccc3)C[C@H]21. The first-order valence-electron chi connectivity index (χ1n) is 7.00. The molecule has 2 aliphatic heterocycles. The largest absolute Gasteiger partial charge is 0.465 e. The quantitative estimate of drug-likeness (QED) is 0.887. The molecule has 4 nitrogen and oxygen atoms in total. The molecule has 1 N–H and O–H groups in total. The van der Waals surface area contributed by atoms with Crippen molar-refractivity contribution in [1.82, 2.24) is 9.80 Å². The molecule has 19 heavy (non-hydrogen) atoms. The van der Waals surface area contributed by atoms with Crippen LogP contribution in [0.5, 0.6) is 0 Å². The Kier molecular flexibility index (Phi) is 3.42. The van der Waals surface area contributed by atoms with Gasteiger partial charge in [0.05, 0.1) is 6.04 Å². The number of carbonyl (C=O) groups is 1. The van der Waals surface area contributed by atoms with Crippen molar-refractivity contribution in [1.29, 1.82) is 0 Å². The summed E-state index contributed by atoms with van der Waals surface area (Å²) in [6.07, 6.45) is 1.42. The van der Waals surface area contributed by atoms with Crippen LogP contribution in [0.25, 0.3) is 0 Å². The fourth-order valence-electron chi connectivity index (χ4n) is 3.48. The smallest absolute Gasteiger partial charge is 0.407 e. The van der Waals surface area contributed by atoms with E-state index in [4.69, 9.17) is 0 Å². The van der Waals surface area contributed by atoms with Crippen molar-refractivity contribution in [2.45, 2.75) is 25.4 Å². The van der Waals surface area contributed by atoms with Gasteiger partial charge in [0.1, 0.15) is 0 Å². The Hall–Kier alpha value is -1.55. The van der Waals surface area contributed by atoms with Gasteiger partial charge in [-0.15, -0.1) is 0 Å². The minimum Gasteiger partial charge on any atom is -0.465 e. The predicted octanol–water partition coefficient (Wildman–Crippen LogP) is 2.26. The van der Waals surface area contributed by atoms with E-state index < -0.39 is 6.09 Å². The molecule has 4 heteroatoms. The number of amides is 1. The summed E-state index contributed by atoms with van der Waals surface area (Å²) in [7, 11) is 0. The monoisotopic (exact) mass is 260 g/mol. The van der Waals surface area contributed by atoms with Crippen LogP contribution in [0.3, 0.4) is 0 Å². The van der Waals surface area contributed by atoms with Gasteiger partial charge < -0.3 is 10.0 Å². The van der Waals surface area contributed by atoms with Crippen LogP contribution in [-0.2, 0) is 6.54 Å². The van der Waals surface area contributed by atoms with Crippen molar-refractivity contribution in [3.05, 3.63) is 35.9 Å². The second kappa shape index (κ2) is 5.21. The van der Waals surface area contributed by atoms with Crippen LogP contribution >= 0.6 is 0 Å². The van der Waals surface area contributed by atoms with E-state index in [0.717, 1.165) is 26.1 Å². The Morgan fingerprint density at radius 2 is 2.05 bits per heavy atom. The van der Waals surface area contributed by atoms with Gasteiger partial charge in [0.15, 0.2) is 0 Å². The number of carboxylic acid groups (broad SMARTS) is 1. The van der Waals surface area contributed by atoms with E-state index in [2.05, 4.69) is 29.2 Å². The van der Waals surface area contributed by atoms with Crippen LogP contribution in [0.1, 0.15) is 18.4 Å². The van der Waals surface area contributed by atoms with E-state index >= 15 is 0 Å². The molecule has 0 spiro atoms. The number of hydrogen-bond donors (Lipinski definition) is 1. The zero-order valence-corrected chi connectivity index (χ0v) is 11.0. The molecule has 2 saturated heterocycles. The lowest BCUT2D eigenvalue weighted by molar-refractivity contribution is 0.0954. The lowest BCUT2D eigenvalue weighted by Crippen LogP contribution is -2.47. The van der Waals surface area contributed by atoms with E-state index in [1.807, 2.05) is 6.07 Å². The number of piperidine rings is 1. The molecule has 2 fully saturated rings. The zero-order chi connectivity index (χ0) is 13.2. The van der Waals surface area contributed by atoms with E-state index in [0.29, 0.717) is 12.5 Å². The first kappa shape index (κ1) is 12.5. The molecule has 2 heterocycles. The third-order valence-electron chi connectivity index (χ3n) is 4.35. The lowest BCUT2D eigenvalue weighted by Gasteiger charge is -2.34. The molecule has 0 bridgehead atoms. The standard InChI is InChI=1S/C15H20N2O2/c18-15(19)17-8-4-7-13-10-16(11-14(13)17)9-12-5-2-1-3-6-12/h1-3,5-6,13-14H,4,7-11H2,(H,18,19)/t13-,14+/m0/s1. The van der Waals surface area contributed by atoms with Crippen molar-refractivity contribution >= 4 is 6.09 Å². The van der Waals surface area contributed by atoms with Gasteiger partial charge in [-0.3, -0.25) is 4.90 Å². The fraction of sp³-hybridized carbons (Fsp3) is 0.533. The van der Waals surface area contributed by atoms with Crippen molar-refractivity contribution in [3.63, 3.8) is 0 Å². The second-order valence-electron chi connectivity index (χ2n) is 5.63. The molecule has 0 radical (unpaired) electrons. The molecule has 2 aliphatic rings. The number of nitrogens with zero attached hydrogens (tertiary/aromatic N) is 2. The zero-order valence-electron chi connectivity index (χ0n) is 11.0. The topological polar surface area (TPSA) is 43.8 Å². The third-order valence-corrected chi connectivity index (χ3v) is 4.35. The molecule has 0 aliphatic carbocycles. The summed E-state index contributed by atoms with van der Waals surface area (Å²) in [5.41, 5.74) is 1.31. The minimum atomic E-state index is -0.753. The van der Waals surface area contributed by atoms with Gasteiger partial charge in [0.2, 0.25) is 0 Å². The summed E-state index contributed by atoms with van der Waals surface area (Å²) in [6, 6.07) is 10.6. The van der Waals surface area contributed by atoms with Gasteiger partial charge in [0, 0.05) is 26.2 Å². The number of benzene rings is 1. The summed E-state index contributed by atoms with van der Waals surface area (Å²) in [4.78, 5) is 15.3. The average molecular weight is 260 g/mol. The summed E-state index contributed by atoms with van der Waals surface area (Å²) >= 11 is 0. The van der Waals surface area contributed by atoms with Gasteiger partial charge in [0.25, 0.3) is 0 Å². The Morgan fingerprint density at radius 1 is 1.26 bits per heavy atom. The highest BCUT2D eigenvalue weighted by Gasteiger charge is 2.40. The van der Waals surface area contributed by atoms with Crippen molar-refractivity contribution in [2.75, 3.05) is 19.6 Å². The molecule has 2 atom stereocenters. The summed E-state index contributed by atoms with van der Waals surface area (Å²) < 4.78 is 0. The number of hydrogen-bond acceptors (Lipinski definition) is 2. The van der Waals surface area contributed by atoms with Gasteiger partial charge >= 0.3 is 6.09 Å². The Bertz CT molecular complexity index is 449. The van der Waals surface area contributed by atoms with Crippen LogP contribution in [0.2, 0.25) is 0 Å². The molecule has 102 valence electrons. The molecular formula is C15H20N2O2. The summed E-state index contributed by atoms with van der Waals surface area (Å²) in [6.45, 7) is 3.55. The molecule has 0 unspecified atom stereocenters. The van der Waals surface area contributed by atoms with Crippen LogP contribution in [0.4, 0.5) is 4.79 Å². The van der Waals surface area contributed by atoms with Gasteiger partial charge in [-0.05, 0) is 24.3 Å². The second-order valence-corrected chi connectivity index (χ2v) is 5.63. The molecule has 1 amide bonds. The van der Waals surface area contributed by atoms with Gasteiger partial charge in [-0.25, -0.2) is 4.79 Å². The average Bonchev–Trinajstić information content (AvgIpc) is 2.81. The number of likely N-dealkylation sites (tertiary alicyclic amines) is 2. The van der Waals surface area contributed by atoms with E-state index in [1.54, 1.807) is 4.90 Å². The van der Waals surface area contributed by atoms with Crippen LogP contribution < -0.4 is 0 Å².